The van der Waals surface area contributed by atoms with Gasteiger partial charge in [0.25, 0.3) is 0 Å². The van der Waals surface area contributed by atoms with Gasteiger partial charge in [-0.15, -0.1) is 0 Å². The SMILES string of the molecule is C1=CCCN=C1.CC.CC. The summed E-state index contributed by atoms with van der Waals surface area (Å²) in [6.45, 7) is 8.98. The number of aliphatic imine (C=N–C) groups is 1. The third-order valence-electron chi connectivity index (χ3n) is 0.752. The van der Waals surface area contributed by atoms with E-state index in [-0.39, 0.29) is 0 Å². The Morgan fingerprint density at radius 1 is 1.10 bits per heavy atom. The van der Waals surface area contributed by atoms with Gasteiger partial charge in [-0.3, -0.25) is 4.99 Å². The maximum atomic E-state index is 3.97. The van der Waals surface area contributed by atoms with E-state index in [0.717, 1.165) is 13.0 Å². The van der Waals surface area contributed by atoms with Crippen LogP contribution in [0.4, 0.5) is 0 Å². The van der Waals surface area contributed by atoms with E-state index in [4.69, 9.17) is 0 Å². The predicted octanol–water partition coefficient (Wildman–Crippen LogP) is 3.07. The van der Waals surface area contributed by atoms with E-state index in [0.29, 0.717) is 0 Å². The molecule has 0 aromatic rings. The average Bonchev–Trinajstić information content (AvgIpc) is 2.14. The lowest BCUT2D eigenvalue weighted by molar-refractivity contribution is 1.00. The zero-order valence-electron chi connectivity index (χ0n) is 7.59. The summed E-state index contributed by atoms with van der Waals surface area (Å²) in [4.78, 5) is 3.97. The van der Waals surface area contributed by atoms with Crippen molar-refractivity contribution in [2.75, 3.05) is 6.54 Å². The van der Waals surface area contributed by atoms with Crippen molar-refractivity contribution in [3.63, 3.8) is 0 Å². The zero-order valence-corrected chi connectivity index (χ0v) is 7.59. The lowest BCUT2D eigenvalue weighted by Crippen LogP contribution is -1.81. The van der Waals surface area contributed by atoms with Gasteiger partial charge in [-0.05, 0) is 12.5 Å². The van der Waals surface area contributed by atoms with Gasteiger partial charge >= 0.3 is 0 Å². The maximum absolute atomic E-state index is 3.97. The molecule has 0 aliphatic carbocycles. The standard InChI is InChI=1S/C5H7N.2C2H6/c1-2-4-6-5-3-1;2*1-2/h1-2,4H,3,5H2;2*1-2H3. The summed E-state index contributed by atoms with van der Waals surface area (Å²) in [6, 6.07) is 0. The smallest absolute Gasteiger partial charge is 0.0423 e. The maximum Gasteiger partial charge on any atom is 0.0423 e. The Hall–Kier alpha value is -0.590. The molecule has 10 heavy (non-hydrogen) atoms. The van der Waals surface area contributed by atoms with Gasteiger partial charge in [0.15, 0.2) is 0 Å². The summed E-state index contributed by atoms with van der Waals surface area (Å²) >= 11 is 0. The third-order valence-corrected chi connectivity index (χ3v) is 0.752. The highest BCUT2D eigenvalue weighted by molar-refractivity contribution is 5.71. The largest absolute Gasteiger partial charge is 0.293 e. The van der Waals surface area contributed by atoms with E-state index >= 15 is 0 Å². The number of rotatable bonds is 0. The van der Waals surface area contributed by atoms with Gasteiger partial charge in [0.1, 0.15) is 0 Å². The van der Waals surface area contributed by atoms with E-state index < -0.39 is 0 Å². The van der Waals surface area contributed by atoms with Crippen molar-refractivity contribution in [2.24, 2.45) is 4.99 Å². The van der Waals surface area contributed by atoms with Crippen LogP contribution in [0, 0.1) is 0 Å². The molecule has 0 amide bonds. The Bertz CT molecular complexity index is 70.7. The second kappa shape index (κ2) is 15.8. The molecular formula is C9H19N. The molecule has 0 radical (unpaired) electrons. The Morgan fingerprint density at radius 2 is 1.70 bits per heavy atom. The molecule has 0 unspecified atom stereocenters. The molecule has 0 fully saturated rings. The van der Waals surface area contributed by atoms with Crippen LogP contribution < -0.4 is 0 Å². The molecule has 0 saturated carbocycles. The van der Waals surface area contributed by atoms with Crippen molar-refractivity contribution in [3.05, 3.63) is 12.2 Å². The molecule has 0 saturated heterocycles. The Labute approximate surface area is 64.9 Å². The molecule has 0 aromatic carbocycles. The molecule has 1 nitrogen and oxygen atoms in total. The minimum Gasteiger partial charge on any atom is -0.293 e. The molecule has 0 bridgehead atoms. The van der Waals surface area contributed by atoms with Gasteiger partial charge in [-0.1, -0.05) is 33.8 Å². The first-order valence-electron chi connectivity index (χ1n) is 4.15. The molecule has 0 spiro atoms. The number of allylic oxidation sites excluding steroid dienone is 1. The van der Waals surface area contributed by atoms with Crippen LogP contribution in [-0.2, 0) is 0 Å². The second-order valence-electron chi connectivity index (χ2n) is 1.27. The average molecular weight is 141 g/mol. The Kier molecular flexibility index (Phi) is 19.1. The van der Waals surface area contributed by atoms with E-state index in [1.165, 1.54) is 0 Å². The molecule has 1 rings (SSSR count). The highest BCUT2D eigenvalue weighted by atomic mass is 14.7. The number of nitrogens with zero attached hydrogens (tertiary/aromatic N) is 1. The van der Waals surface area contributed by atoms with Crippen LogP contribution in [0.1, 0.15) is 34.1 Å². The topological polar surface area (TPSA) is 12.4 Å². The third kappa shape index (κ3) is 10.4. The van der Waals surface area contributed by atoms with Gasteiger partial charge in [0.2, 0.25) is 0 Å². The van der Waals surface area contributed by atoms with E-state index in [1.807, 2.05) is 40.0 Å². The monoisotopic (exact) mass is 141 g/mol. The molecule has 1 aliphatic heterocycles. The fourth-order valence-electron chi connectivity index (χ4n) is 0.442. The predicted molar refractivity (Wildman–Crippen MR) is 49.8 cm³/mol. The van der Waals surface area contributed by atoms with Crippen LogP contribution in [0.3, 0.4) is 0 Å². The lowest BCUT2D eigenvalue weighted by Gasteiger charge is -1.88. The lowest BCUT2D eigenvalue weighted by atomic mass is 10.3. The van der Waals surface area contributed by atoms with Crippen molar-refractivity contribution in [3.8, 4) is 0 Å². The molecule has 0 aromatic heterocycles. The molecule has 1 heteroatoms. The van der Waals surface area contributed by atoms with E-state index in [9.17, 15) is 0 Å². The highest BCUT2D eigenvalue weighted by Crippen LogP contribution is 1.87. The summed E-state index contributed by atoms with van der Waals surface area (Å²) in [7, 11) is 0. The Balaban J connectivity index is 0. The molecule has 0 N–H and O–H groups in total. The van der Waals surface area contributed by atoms with Gasteiger partial charge < -0.3 is 0 Å². The fraction of sp³-hybridized carbons (Fsp3) is 0.667. The van der Waals surface area contributed by atoms with E-state index in [2.05, 4.69) is 11.1 Å². The minimum atomic E-state index is 0.983. The van der Waals surface area contributed by atoms with Crippen LogP contribution in [0.15, 0.2) is 17.1 Å². The second-order valence-corrected chi connectivity index (χ2v) is 1.27. The van der Waals surface area contributed by atoms with Crippen molar-refractivity contribution < 1.29 is 0 Å². The van der Waals surface area contributed by atoms with Crippen LogP contribution in [0.2, 0.25) is 0 Å². The molecule has 1 aliphatic rings. The summed E-state index contributed by atoms with van der Waals surface area (Å²) < 4.78 is 0. The summed E-state index contributed by atoms with van der Waals surface area (Å²) in [6.07, 6.45) is 7.05. The quantitative estimate of drug-likeness (QED) is 0.491. The molecule has 1 heterocycles. The van der Waals surface area contributed by atoms with Crippen LogP contribution in [0.5, 0.6) is 0 Å². The molecular weight excluding hydrogens is 122 g/mol. The zero-order chi connectivity index (χ0) is 8.24. The van der Waals surface area contributed by atoms with Crippen molar-refractivity contribution in [2.45, 2.75) is 34.1 Å². The van der Waals surface area contributed by atoms with Crippen molar-refractivity contribution in [1.82, 2.24) is 0 Å². The summed E-state index contributed by atoms with van der Waals surface area (Å²) in [5.74, 6) is 0. The normalized spacial score (nSPS) is 12.4. The summed E-state index contributed by atoms with van der Waals surface area (Å²) in [5, 5.41) is 0. The van der Waals surface area contributed by atoms with Gasteiger partial charge in [-0.2, -0.15) is 0 Å². The van der Waals surface area contributed by atoms with E-state index in [1.54, 1.807) is 0 Å². The van der Waals surface area contributed by atoms with Gasteiger partial charge in [-0.25, -0.2) is 0 Å². The Morgan fingerprint density at radius 3 is 1.80 bits per heavy atom. The van der Waals surface area contributed by atoms with Crippen molar-refractivity contribution >= 4 is 6.21 Å². The first-order valence-corrected chi connectivity index (χ1v) is 4.15. The summed E-state index contributed by atoms with van der Waals surface area (Å²) in [5.41, 5.74) is 0. The fourth-order valence-corrected chi connectivity index (χ4v) is 0.442. The van der Waals surface area contributed by atoms with Crippen LogP contribution in [0.25, 0.3) is 0 Å². The number of hydrogen-bond acceptors (Lipinski definition) is 1. The van der Waals surface area contributed by atoms with Gasteiger partial charge in [0.05, 0.1) is 0 Å². The number of dihydropyridines is 1. The molecule has 60 valence electrons. The van der Waals surface area contributed by atoms with Crippen molar-refractivity contribution in [1.29, 1.82) is 0 Å². The van der Waals surface area contributed by atoms with Crippen LogP contribution >= 0.6 is 0 Å². The van der Waals surface area contributed by atoms with Gasteiger partial charge in [0, 0.05) is 12.8 Å². The van der Waals surface area contributed by atoms with Crippen LogP contribution in [-0.4, -0.2) is 12.8 Å². The number of hydrogen-bond donors (Lipinski definition) is 0. The first kappa shape index (κ1) is 12.1. The molecule has 0 atom stereocenters. The first-order chi connectivity index (χ1) is 5.00. The highest BCUT2D eigenvalue weighted by Gasteiger charge is 1.78. The minimum absolute atomic E-state index is 0.983.